The first kappa shape index (κ1) is 12.1. The third kappa shape index (κ3) is 3.05. The molecular formula is C13H22N2S. The van der Waals surface area contributed by atoms with Crippen molar-refractivity contribution in [3.05, 3.63) is 15.6 Å². The second-order valence-corrected chi connectivity index (χ2v) is 5.74. The van der Waals surface area contributed by atoms with Crippen molar-refractivity contribution >= 4 is 11.3 Å². The lowest BCUT2D eigenvalue weighted by Crippen LogP contribution is -2.14. The molecule has 0 atom stereocenters. The van der Waals surface area contributed by atoms with Gasteiger partial charge < -0.3 is 5.32 Å². The van der Waals surface area contributed by atoms with Crippen molar-refractivity contribution in [2.24, 2.45) is 0 Å². The first-order valence-corrected chi connectivity index (χ1v) is 7.36. The van der Waals surface area contributed by atoms with Gasteiger partial charge in [-0.2, -0.15) is 0 Å². The molecule has 1 aliphatic rings. The first-order valence-electron chi connectivity index (χ1n) is 6.54. The van der Waals surface area contributed by atoms with E-state index in [0.717, 1.165) is 25.4 Å². The highest BCUT2D eigenvalue weighted by Crippen LogP contribution is 2.42. The Hall–Kier alpha value is -0.410. The number of unbranched alkanes of at least 4 members (excludes halogenated alkanes) is 1. The van der Waals surface area contributed by atoms with Gasteiger partial charge in [-0.1, -0.05) is 20.3 Å². The van der Waals surface area contributed by atoms with E-state index < -0.39 is 0 Å². The fourth-order valence-electron chi connectivity index (χ4n) is 1.87. The highest BCUT2D eigenvalue weighted by atomic mass is 32.1. The third-order valence-corrected chi connectivity index (χ3v) is 4.25. The molecule has 1 aromatic rings. The molecule has 1 saturated carbocycles. The van der Waals surface area contributed by atoms with Crippen LogP contribution in [0.15, 0.2) is 0 Å². The average molecular weight is 238 g/mol. The molecule has 0 spiro atoms. The summed E-state index contributed by atoms with van der Waals surface area (Å²) in [5.74, 6) is 0.791. The number of hydrogen-bond acceptors (Lipinski definition) is 3. The summed E-state index contributed by atoms with van der Waals surface area (Å²) in [7, 11) is 0. The van der Waals surface area contributed by atoms with Crippen molar-refractivity contribution in [2.75, 3.05) is 6.54 Å². The molecule has 0 saturated heterocycles. The van der Waals surface area contributed by atoms with Gasteiger partial charge in [0.2, 0.25) is 0 Å². The maximum absolute atomic E-state index is 4.77. The highest BCUT2D eigenvalue weighted by molar-refractivity contribution is 7.11. The molecular weight excluding hydrogens is 216 g/mol. The monoisotopic (exact) mass is 238 g/mol. The molecule has 0 aromatic carbocycles. The zero-order chi connectivity index (χ0) is 11.4. The molecule has 1 heterocycles. The minimum atomic E-state index is 0.791. The standard InChI is InChI=1S/C13H22N2S/c1-3-5-8-14-9-11-13(10-6-7-10)15-12(4-2)16-11/h10,14H,3-9H2,1-2H3. The normalized spacial score (nSPS) is 15.6. The van der Waals surface area contributed by atoms with E-state index in [1.54, 1.807) is 0 Å². The zero-order valence-electron chi connectivity index (χ0n) is 10.4. The molecule has 0 aliphatic heterocycles. The number of rotatable bonds is 7. The number of thiazole rings is 1. The average Bonchev–Trinajstić information content (AvgIpc) is 3.06. The van der Waals surface area contributed by atoms with Gasteiger partial charge in [0.1, 0.15) is 0 Å². The van der Waals surface area contributed by atoms with Crippen LogP contribution in [0.1, 0.15) is 61.0 Å². The van der Waals surface area contributed by atoms with Gasteiger partial charge in [0.05, 0.1) is 10.7 Å². The molecule has 3 heteroatoms. The van der Waals surface area contributed by atoms with Gasteiger partial charge >= 0.3 is 0 Å². The van der Waals surface area contributed by atoms with Crippen LogP contribution < -0.4 is 5.32 Å². The maximum Gasteiger partial charge on any atom is 0.0929 e. The zero-order valence-corrected chi connectivity index (χ0v) is 11.2. The minimum Gasteiger partial charge on any atom is -0.312 e. The van der Waals surface area contributed by atoms with Crippen LogP contribution in [0.3, 0.4) is 0 Å². The van der Waals surface area contributed by atoms with Crippen molar-refractivity contribution in [3.8, 4) is 0 Å². The van der Waals surface area contributed by atoms with Gasteiger partial charge in [-0.3, -0.25) is 0 Å². The molecule has 0 radical (unpaired) electrons. The van der Waals surface area contributed by atoms with Gasteiger partial charge in [-0.25, -0.2) is 4.98 Å². The first-order chi connectivity index (χ1) is 7.85. The molecule has 2 nitrogen and oxygen atoms in total. The Morgan fingerprint density at radius 1 is 1.38 bits per heavy atom. The topological polar surface area (TPSA) is 24.9 Å². The molecule has 2 rings (SSSR count). The van der Waals surface area contributed by atoms with E-state index in [0.29, 0.717) is 0 Å². The molecule has 1 fully saturated rings. The number of aromatic nitrogens is 1. The van der Waals surface area contributed by atoms with Crippen molar-refractivity contribution < 1.29 is 0 Å². The molecule has 0 bridgehead atoms. The fourth-order valence-corrected chi connectivity index (χ4v) is 2.94. The summed E-state index contributed by atoms with van der Waals surface area (Å²) in [4.78, 5) is 6.26. The third-order valence-electron chi connectivity index (χ3n) is 3.03. The van der Waals surface area contributed by atoms with E-state index in [2.05, 4.69) is 19.2 Å². The van der Waals surface area contributed by atoms with Crippen LogP contribution in [-0.4, -0.2) is 11.5 Å². The SMILES string of the molecule is CCCCNCc1sc(CC)nc1C1CC1. The Kier molecular flexibility index (Phi) is 4.36. The lowest BCUT2D eigenvalue weighted by molar-refractivity contribution is 0.642. The summed E-state index contributed by atoms with van der Waals surface area (Å²) >= 11 is 1.91. The summed E-state index contributed by atoms with van der Waals surface area (Å²) in [6.07, 6.45) is 6.34. The second-order valence-electron chi connectivity index (χ2n) is 4.57. The minimum absolute atomic E-state index is 0.791. The lowest BCUT2D eigenvalue weighted by atomic mass is 10.2. The van der Waals surface area contributed by atoms with E-state index >= 15 is 0 Å². The lowest BCUT2D eigenvalue weighted by Gasteiger charge is -2.03. The summed E-state index contributed by atoms with van der Waals surface area (Å²) < 4.78 is 0. The summed E-state index contributed by atoms with van der Waals surface area (Å²) in [6.45, 7) is 6.60. The van der Waals surface area contributed by atoms with E-state index in [1.807, 2.05) is 11.3 Å². The smallest absolute Gasteiger partial charge is 0.0929 e. The maximum atomic E-state index is 4.77. The molecule has 0 unspecified atom stereocenters. The number of nitrogens with zero attached hydrogens (tertiary/aromatic N) is 1. The number of hydrogen-bond donors (Lipinski definition) is 1. The molecule has 1 N–H and O–H groups in total. The number of nitrogens with one attached hydrogen (secondary N) is 1. The Balaban J connectivity index is 1.92. The van der Waals surface area contributed by atoms with E-state index in [-0.39, 0.29) is 0 Å². The molecule has 1 aliphatic carbocycles. The Labute approximate surface area is 102 Å². The van der Waals surface area contributed by atoms with Crippen molar-refractivity contribution in [2.45, 2.75) is 58.4 Å². The van der Waals surface area contributed by atoms with E-state index in [1.165, 1.54) is 41.3 Å². The predicted molar refractivity (Wildman–Crippen MR) is 70.1 cm³/mol. The Morgan fingerprint density at radius 2 is 2.19 bits per heavy atom. The quantitative estimate of drug-likeness (QED) is 0.736. The molecule has 90 valence electrons. The molecule has 16 heavy (non-hydrogen) atoms. The van der Waals surface area contributed by atoms with Crippen LogP contribution in [0.2, 0.25) is 0 Å². The fraction of sp³-hybridized carbons (Fsp3) is 0.769. The Morgan fingerprint density at radius 3 is 2.81 bits per heavy atom. The van der Waals surface area contributed by atoms with Crippen molar-refractivity contribution in [3.63, 3.8) is 0 Å². The number of aryl methyl sites for hydroxylation is 1. The van der Waals surface area contributed by atoms with Crippen molar-refractivity contribution in [1.29, 1.82) is 0 Å². The summed E-state index contributed by atoms with van der Waals surface area (Å²) in [5, 5.41) is 4.85. The highest BCUT2D eigenvalue weighted by Gasteiger charge is 2.29. The van der Waals surface area contributed by atoms with Gasteiger partial charge in [0.25, 0.3) is 0 Å². The predicted octanol–water partition coefficient (Wildman–Crippen LogP) is 3.47. The van der Waals surface area contributed by atoms with Crippen LogP contribution in [0, 0.1) is 0 Å². The van der Waals surface area contributed by atoms with Crippen LogP contribution in [0.5, 0.6) is 0 Å². The van der Waals surface area contributed by atoms with Crippen LogP contribution in [-0.2, 0) is 13.0 Å². The molecule has 1 aromatic heterocycles. The van der Waals surface area contributed by atoms with Gasteiger partial charge in [-0.15, -0.1) is 11.3 Å². The summed E-state index contributed by atoms with van der Waals surface area (Å²) in [6, 6.07) is 0. The van der Waals surface area contributed by atoms with Gasteiger partial charge in [0, 0.05) is 17.3 Å². The largest absolute Gasteiger partial charge is 0.312 e. The van der Waals surface area contributed by atoms with Crippen LogP contribution >= 0.6 is 11.3 Å². The van der Waals surface area contributed by atoms with Crippen molar-refractivity contribution in [1.82, 2.24) is 10.3 Å². The van der Waals surface area contributed by atoms with E-state index in [9.17, 15) is 0 Å². The molecule has 0 amide bonds. The summed E-state index contributed by atoms with van der Waals surface area (Å²) in [5.41, 5.74) is 1.41. The van der Waals surface area contributed by atoms with Crippen LogP contribution in [0.25, 0.3) is 0 Å². The van der Waals surface area contributed by atoms with E-state index in [4.69, 9.17) is 4.98 Å². The van der Waals surface area contributed by atoms with Crippen LogP contribution in [0.4, 0.5) is 0 Å². The van der Waals surface area contributed by atoms with Gasteiger partial charge in [0.15, 0.2) is 0 Å². The van der Waals surface area contributed by atoms with Gasteiger partial charge in [-0.05, 0) is 32.2 Å². The Bertz CT molecular complexity index is 329. The second kappa shape index (κ2) is 5.78.